The molecule has 0 aliphatic carbocycles. The Bertz CT molecular complexity index is 757. The zero-order chi connectivity index (χ0) is 18.4. The summed E-state index contributed by atoms with van der Waals surface area (Å²) in [7, 11) is 0. The van der Waals surface area contributed by atoms with Gasteiger partial charge in [0.25, 0.3) is 0 Å². The lowest BCUT2D eigenvalue weighted by Gasteiger charge is -2.38. The molecular formula is C17H18Cl2N4O3. The Kier molecular flexibility index (Phi) is 4.44. The minimum absolute atomic E-state index is 0.00491. The second-order valence-electron chi connectivity index (χ2n) is 6.83. The second-order valence-corrected chi connectivity index (χ2v) is 7.61. The van der Waals surface area contributed by atoms with Crippen LogP contribution in [0.4, 0.5) is 10.5 Å². The number of benzene rings is 1. The lowest BCUT2D eigenvalue weighted by molar-refractivity contribution is -0.156. The van der Waals surface area contributed by atoms with E-state index in [1.54, 1.807) is 28.0 Å². The molecule has 138 valence electrons. The van der Waals surface area contributed by atoms with E-state index in [2.05, 4.69) is 10.6 Å². The predicted molar refractivity (Wildman–Crippen MR) is 97.3 cm³/mol. The van der Waals surface area contributed by atoms with E-state index in [9.17, 15) is 14.4 Å². The number of fused-ring (bicyclic) bond motifs is 2. The molecule has 26 heavy (non-hydrogen) atoms. The zero-order valence-electron chi connectivity index (χ0n) is 13.9. The molecule has 7 nitrogen and oxygen atoms in total. The van der Waals surface area contributed by atoms with Crippen LogP contribution in [0.3, 0.4) is 0 Å². The van der Waals surface area contributed by atoms with Gasteiger partial charge in [0.15, 0.2) is 0 Å². The molecule has 3 aliphatic rings. The lowest BCUT2D eigenvalue weighted by Crippen LogP contribution is -2.60. The molecule has 3 heterocycles. The number of urea groups is 1. The maximum absolute atomic E-state index is 12.6. The van der Waals surface area contributed by atoms with Gasteiger partial charge in [0.2, 0.25) is 11.8 Å². The standard InChI is InChI=1S/C17H18Cl2N4O3/c18-10-3-1-4-11(14(10)19)21-17(26)20-9-7-13-16(25)22-6-2-5-12(22)15(24)23(13)8-9/h1,3-4,9,12-13H,2,5-8H2,(H2,20,21,26)/t9-,12-,13-/m0/s1. The van der Waals surface area contributed by atoms with Crippen molar-refractivity contribution >= 4 is 46.7 Å². The number of amides is 4. The van der Waals surface area contributed by atoms with Gasteiger partial charge >= 0.3 is 6.03 Å². The molecule has 0 saturated carbocycles. The van der Waals surface area contributed by atoms with Crippen LogP contribution >= 0.6 is 23.2 Å². The molecule has 0 aromatic heterocycles. The summed E-state index contributed by atoms with van der Waals surface area (Å²) >= 11 is 12.0. The number of nitrogens with one attached hydrogen (secondary N) is 2. The van der Waals surface area contributed by atoms with Crippen molar-refractivity contribution in [3.05, 3.63) is 28.2 Å². The van der Waals surface area contributed by atoms with E-state index in [0.717, 1.165) is 12.8 Å². The molecule has 0 unspecified atom stereocenters. The number of nitrogens with zero attached hydrogens (tertiary/aromatic N) is 2. The summed E-state index contributed by atoms with van der Waals surface area (Å²) in [6, 6.07) is 3.43. The zero-order valence-corrected chi connectivity index (χ0v) is 15.4. The normalized spacial score (nSPS) is 27.4. The van der Waals surface area contributed by atoms with Gasteiger partial charge in [0, 0.05) is 13.1 Å². The molecule has 3 aliphatic heterocycles. The van der Waals surface area contributed by atoms with E-state index in [0.29, 0.717) is 30.2 Å². The Morgan fingerprint density at radius 2 is 1.88 bits per heavy atom. The molecule has 0 radical (unpaired) electrons. The van der Waals surface area contributed by atoms with Crippen molar-refractivity contribution < 1.29 is 14.4 Å². The van der Waals surface area contributed by atoms with E-state index in [4.69, 9.17) is 23.2 Å². The number of carbonyl (C=O) groups excluding carboxylic acids is 3. The third-order valence-electron chi connectivity index (χ3n) is 5.23. The molecule has 1 aromatic carbocycles. The average Bonchev–Trinajstić information content (AvgIpc) is 3.24. The smallest absolute Gasteiger partial charge is 0.319 e. The first-order chi connectivity index (χ1) is 12.5. The third-order valence-corrected chi connectivity index (χ3v) is 6.04. The van der Waals surface area contributed by atoms with E-state index in [1.807, 2.05) is 0 Å². The Balaban J connectivity index is 1.41. The second kappa shape index (κ2) is 6.63. The summed E-state index contributed by atoms with van der Waals surface area (Å²) in [6.45, 7) is 0.988. The fraction of sp³-hybridized carbons (Fsp3) is 0.471. The largest absolute Gasteiger partial charge is 0.333 e. The number of hydrogen-bond donors (Lipinski definition) is 2. The third kappa shape index (κ3) is 2.89. The van der Waals surface area contributed by atoms with Crippen molar-refractivity contribution in [2.75, 3.05) is 18.4 Å². The molecule has 1 aromatic rings. The molecule has 4 rings (SSSR count). The Hall–Kier alpha value is -1.99. The van der Waals surface area contributed by atoms with Crippen LogP contribution in [0.1, 0.15) is 19.3 Å². The van der Waals surface area contributed by atoms with Crippen molar-refractivity contribution in [2.45, 2.75) is 37.4 Å². The van der Waals surface area contributed by atoms with Crippen molar-refractivity contribution in [3.63, 3.8) is 0 Å². The van der Waals surface area contributed by atoms with Gasteiger partial charge in [-0.25, -0.2) is 4.79 Å². The van der Waals surface area contributed by atoms with Gasteiger partial charge in [-0.1, -0.05) is 29.3 Å². The highest BCUT2D eigenvalue weighted by Crippen LogP contribution is 2.32. The van der Waals surface area contributed by atoms with Crippen LogP contribution in [0.25, 0.3) is 0 Å². The summed E-state index contributed by atoms with van der Waals surface area (Å²) < 4.78 is 0. The number of anilines is 1. The predicted octanol–water partition coefficient (Wildman–Crippen LogP) is 2.09. The van der Waals surface area contributed by atoms with E-state index >= 15 is 0 Å². The molecular weight excluding hydrogens is 379 g/mol. The summed E-state index contributed by atoms with van der Waals surface area (Å²) in [5.74, 6) is -0.00983. The van der Waals surface area contributed by atoms with Gasteiger partial charge < -0.3 is 20.4 Å². The summed E-state index contributed by atoms with van der Waals surface area (Å²) in [5.41, 5.74) is 0.403. The van der Waals surface area contributed by atoms with Crippen molar-refractivity contribution in [2.24, 2.45) is 0 Å². The number of piperazine rings is 1. The SMILES string of the molecule is O=C(Nc1cccc(Cl)c1Cl)N[C@H]1C[C@H]2C(=O)N3CCC[C@H]3C(=O)N2C1. The summed E-state index contributed by atoms with van der Waals surface area (Å²) in [6.07, 6.45) is 2.01. The summed E-state index contributed by atoms with van der Waals surface area (Å²) in [5, 5.41) is 6.09. The maximum Gasteiger partial charge on any atom is 0.319 e. The van der Waals surface area contributed by atoms with Gasteiger partial charge in [-0.3, -0.25) is 9.59 Å². The monoisotopic (exact) mass is 396 g/mol. The van der Waals surface area contributed by atoms with Gasteiger partial charge in [-0.05, 0) is 31.4 Å². The first-order valence-electron chi connectivity index (χ1n) is 8.58. The molecule has 3 atom stereocenters. The number of halogens is 2. The van der Waals surface area contributed by atoms with Crippen LogP contribution in [0.5, 0.6) is 0 Å². The van der Waals surface area contributed by atoms with E-state index in [-0.39, 0.29) is 28.9 Å². The molecule has 3 saturated heterocycles. The fourth-order valence-electron chi connectivity index (χ4n) is 4.03. The van der Waals surface area contributed by atoms with Crippen molar-refractivity contribution in [1.82, 2.24) is 15.1 Å². The van der Waals surface area contributed by atoms with E-state index in [1.165, 1.54) is 0 Å². The van der Waals surface area contributed by atoms with Gasteiger partial charge in [0.05, 0.1) is 21.8 Å². The van der Waals surface area contributed by atoms with Crippen LogP contribution in [-0.4, -0.2) is 58.9 Å². The highest BCUT2D eigenvalue weighted by atomic mass is 35.5. The average molecular weight is 397 g/mol. The molecule has 0 spiro atoms. The first kappa shape index (κ1) is 17.4. The first-order valence-corrected chi connectivity index (χ1v) is 9.34. The van der Waals surface area contributed by atoms with E-state index < -0.39 is 12.1 Å². The van der Waals surface area contributed by atoms with Gasteiger partial charge in [-0.2, -0.15) is 0 Å². The maximum atomic E-state index is 12.6. The highest BCUT2D eigenvalue weighted by Gasteiger charge is 2.51. The summed E-state index contributed by atoms with van der Waals surface area (Å²) in [4.78, 5) is 40.8. The minimum atomic E-state index is -0.475. The van der Waals surface area contributed by atoms with Crippen LogP contribution in [0.15, 0.2) is 18.2 Å². The van der Waals surface area contributed by atoms with Crippen LogP contribution in [0, 0.1) is 0 Å². The quantitative estimate of drug-likeness (QED) is 0.802. The number of rotatable bonds is 2. The van der Waals surface area contributed by atoms with Crippen molar-refractivity contribution in [1.29, 1.82) is 0 Å². The molecule has 2 N–H and O–H groups in total. The molecule has 4 amide bonds. The Morgan fingerprint density at radius 3 is 2.69 bits per heavy atom. The fourth-order valence-corrected chi connectivity index (χ4v) is 4.38. The Morgan fingerprint density at radius 1 is 1.12 bits per heavy atom. The lowest BCUT2D eigenvalue weighted by atomic mass is 10.1. The highest BCUT2D eigenvalue weighted by molar-refractivity contribution is 6.43. The Labute approximate surface area is 160 Å². The topological polar surface area (TPSA) is 81.8 Å². The molecule has 9 heteroatoms. The van der Waals surface area contributed by atoms with Crippen LogP contribution < -0.4 is 10.6 Å². The molecule has 0 bridgehead atoms. The van der Waals surface area contributed by atoms with Gasteiger partial charge in [0.1, 0.15) is 12.1 Å². The van der Waals surface area contributed by atoms with Crippen LogP contribution in [0.2, 0.25) is 10.0 Å². The minimum Gasteiger partial charge on any atom is -0.333 e. The number of carbonyl (C=O) groups is 3. The molecule has 3 fully saturated rings. The van der Waals surface area contributed by atoms with Crippen molar-refractivity contribution in [3.8, 4) is 0 Å². The number of hydrogen-bond acceptors (Lipinski definition) is 3. The van der Waals surface area contributed by atoms with Crippen LogP contribution in [-0.2, 0) is 9.59 Å². The van der Waals surface area contributed by atoms with Gasteiger partial charge in [-0.15, -0.1) is 0 Å².